The third kappa shape index (κ3) is 5.28. The predicted octanol–water partition coefficient (Wildman–Crippen LogP) is 3.08. The molecule has 9 nitrogen and oxygen atoms in total. The zero-order chi connectivity index (χ0) is 24.0. The second-order valence-electron chi connectivity index (χ2n) is 7.05. The third-order valence-corrected chi connectivity index (χ3v) is 6.21. The lowest BCUT2D eigenvalue weighted by Crippen LogP contribution is -2.61. The van der Waals surface area contributed by atoms with Gasteiger partial charge >= 0.3 is 12.1 Å². The number of amides is 1. The quantitative estimate of drug-likeness (QED) is 0.207. The van der Waals surface area contributed by atoms with Gasteiger partial charge in [-0.3, -0.25) is 14.5 Å². The minimum absolute atomic E-state index is 0.00718. The van der Waals surface area contributed by atoms with Crippen molar-refractivity contribution in [2.75, 3.05) is 19.8 Å². The molecule has 174 valence electrons. The number of benzene rings is 1. The van der Waals surface area contributed by atoms with Crippen LogP contribution in [0.2, 0.25) is 0 Å². The number of carbonyl (C=O) groups is 4. The van der Waals surface area contributed by atoms with Gasteiger partial charge in [0.2, 0.25) is 5.91 Å². The van der Waals surface area contributed by atoms with E-state index in [1.165, 1.54) is 28.8 Å². The summed E-state index contributed by atoms with van der Waals surface area (Å²) in [6.07, 6.45) is 1.87. The van der Waals surface area contributed by atoms with E-state index in [0.29, 0.717) is 16.2 Å². The SMILES string of the molecule is C=CCOC(=O)O[C@H](C)[C@H]1C(=O)N2C(C(=O)OCC=C)=C(COc3ccc(C=O)cc3)S[C@H]12. The standard InChI is InChI=1S/C23H23NO8S/c1-4-10-29-22(27)19-17(13-31-16-8-6-15(12-25)7-9-16)33-21-18(20(26)24(19)21)14(3)32-23(28)30-11-5-2/h4-9,12,14,18,21H,1-2,10-11,13H2,3H3/t14-,18+,21-/m1/s1. The first-order valence-corrected chi connectivity index (χ1v) is 10.9. The van der Waals surface area contributed by atoms with Gasteiger partial charge < -0.3 is 18.9 Å². The van der Waals surface area contributed by atoms with Crippen LogP contribution >= 0.6 is 11.8 Å². The van der Waals surface area contributed by atoms with E-state index in [4.69, 9.17) is 18.9 Å². The van der Waals surface area contributed by atoms with Gasteiger partial charge in [0.25, 0.3) is 0 Å². The summed E-state index contributed by atoms with van der Waals surface area (Å²) in [6.45, 7) is 8.55. The van der Waals surface area contributed by atoms with Crippen molar-refractivity contribution in [2.45, 2.75) is 18.4 Å². The van der Waals surface area contributed by atoms with Crippen LogP contribution in [0, 0.1) is 5.92 Å². The number of β-lactam (4-membered cyclic amide) rings is 1. The monoisotopic (exact) mass is 473 g/mol. The van der Waals surface area contributed by atoms with Crippen molar-refractivity contribution in [2.24, 2.45) is 5.92 Å². The summed E-state index contributed by atoms with van der Waals surface area (Å²) in [5.74, 6) is -1.22. The fraction of sp³-hybridized carbons (Fsp3) is 0.304. The number of hydrogen-bond acceptors (Lipinski definition) is 9. The largest absolute Gasteiger partial charge is 0.508 e. The molecule has 0 saturated carbocycles. The van der Waals surface area contributed by atoms with E-state index in [-0.39, 0.29) is 31.4 Å². The van der Waals surface area contributed by atoms with E-state index in [9.17, 15) is 19.2 Å². The topological polar surface area (TPSA) is 108 Å². The molecule has 0 bridgehead atoms. The van der Waals surface area contributed by atoms with Crippen molar-refractivity contribution in [3.63, 3.8) is 0 Å². The minimum Gasteiger partial charge on any atom is -0.488 e. The molecule has 1 fully saturated rings. The van der Waals surface area contributed by atoms with E-state index in [0.717, 1.165) is 6.29 Å². The highest BCUT2D eigenvalue weighted by atomic mass is 32.2. The van der Waals surface area contributed by atoms with Crippen molar-refractivity contribution in [3.05, 3.63) is 65.7 Å². The molecule has 33 heavy (non-hydrogen) atoms. The fourth-order valence-electron chi connectivity index (χ4n) is 3.31. The molecule has 1 aromatic carbocycles. The summed E-state index contributed by atoms with van der Waals surface area (Å²) in [5.41, 5.74) is 0.600. The average molecular weight is 474 g/mol. The van der Waals surface area contributed by atoms with Gasteiger partial charge in [-0.05, 0) is 31.2 Å². The number of carbonyl (C=O) groups excluding carboxylic acids is 4. The van der Waals surface area contributed by atoms with Crippen LogP contribution in [0.15, 0.2) is 60.2 Å². The van der Waals surface area contributed by atoms with Crippen LogP contribution in [0.1, 0.15) is 17.3 Å². The van der Waals surface area contributed by atoms with Gasteiger partial charge in [-0.2, -0.15) is 0 Å². The normalized spacial score (nSPS) is 19.7. The highest BCUT2D eigenvalue weighted by Crippen LogP contribution is 2.51. The fourth-order valence-corrected chi connectivity index (χ4v) is 4.82. The summed E-state index contributed by atoms with van der Waals surface area (Å²) in [6, 6.07) is 6.48. The highest BCUT2D eigenvalue weighted by molar-refractivity contribution is 8.04. The molecule has 1 amide bonds. The highest BCUT2D eigenvalue weighted by Gasteiger charge is 2.59. The lowest BCUT2D eigenvalue weighted by atomic mass is 9.92. The van der Waals surface area contributed by atoms with Gasteiger partial charge in [-0.1, -0.05) is 37.1 Å². The maximum absolute atomic E-state index is 12.9. The lowest BCUT2D eigenvalue weighted by molar-refractivity contribution is -0.158. The average Bonchev–Trinajstić information content (AvgIpc) is 3.14. The minimum atomic E-state index is -0.905. The van der Waals surface area contributed by atoms with E-state index in [2.05, 4.69) is 13.2 Å². The Hall–Kier alpha value is -3.53. The van der Waals surface area contributed by atoms with Gasteiger partial charge in [-0.25, -0.2) is 9.59 Å². The Kier molecular flexibility index (Phi) is 7.94. The van der Waals surface area contributed by atoms with Crippen LogP contribution in [0.5, 0.6) is 5.75 Å². The van der Waals surface area contributed by atoms with Gasteiger partial charge in [0, 0.05) is 5.56 Å². The van der Waals surface area contributed by atoms with Crippen molar-refractivity contribution in [1.82, 2.24) is 4.90 Å². The molecular weight excluding hydrogens is 450 g/mol. The first-order chi connectivity index (χ1) is 15.9. The Morgan fingerprint density at radius 2 is 1.82 bits per heavy atom. The smallest absolute Gasteiger partial charge is 0.488 e. The van der Waals surface area contributed by atoms with Gasteiger partial charge in [0.05, 0.1) is 4.91 Å². The van der Waals surface area contributed by atoms with Crippen molar-refractivity contribution in [1.29, 1.82) is 0 Å². The maximum atomic E-state index is 12.9. The molecule has 1 aromatic rings. The summed E-state index contributed by atoms with van der Waals surface area (Å²) < 4.78 is 20.9. The van der Waals surface area contributed by atoms with Gasteiger partial charge in [-0.15, -0.1) is 0 Å². The number of nitrogens with zero attached hydrogens (tertiary/aromatic N) is 1. The molecule has 0 spiro atoms. The number of aldehydes is 1. The zero-order valence-corrected chi connectivity index (χ0v) is 18.7. The second kappa shape index (κ2) is 10.9. The summed E-state index contributed by atoms with van der Waals surface area (Å²) in [4.78, 5) is 50.0. The molecule has 0 aliphatic carbocycles. The Balaban J connectivity index is 1.73. The number of fused-ring (bicyclic) bond motifs is 1. The molecule has 2 heterocycles. The van der Waals surface area contributed by atoms with Crippen molar-refractivity contribution < 1.29 is 38.1 Å². The van der Waals surface area contributed by atoms with E-state index >= 15 is 0 Å². The molecule has 1 saturated heterocycles. The summed E-state index contributed by atoms with van der Waals surface area (Å²) in [7, 11) is 0. The molecule has 2 aliphatic rings. The van der Waals surface area contributed by atoms with Crippen LogP contribution in [-0.2, 0) is 23.8 Å². The van der Waals surface area contributed by atoms with Crippen molar-refractivity contribution >= 4 is 36.1 Å². The number of hydrogen-bond donors (Lipinski definition) is 0. The number of thioether (sulfide) groups is 1. The van der Waals surface area contributed by atoms with E-state index < -0.39 is 29.5 Å². The van der Waals surface area contributed by atoms with Crippen molar-refractivity contribution in [3.8, 4) is 5.75 Å². The second-order valence-corrected chi connectivity index (χ2v) is 8.26. The van der Waals surface area contributed by atoms with Crippen LogP contribution in [0.4, 0.5) is 4.79 Å². The van der Waals surface area contributed by atoms with Gasteiger partial charge in [0.15, 0.2) is 0 Å². The first kappa shape index (κ1) is 24.1. The molecule has 2 aliphatic heterocycles. The summed E-state index contributed by atoms with van der Waals surface area (Å²) >= 11 is 1.27. The van der Waals surface area contributed by atoms with E-state index in [1.54, 1.807) is 31.2 Å². The molecule has 0 N–H and O–H groups in total. The van der Waals surface area contributed by atoms with Crippen LogP contribution in [-0.4, -0.2) is 60.5 Å². The number of ether oxygens (including phenoxy) is 4. The Bertz CT molecular complexity index is 987. The molecular formula is C23H23NO8S. The first-order valence-electron chi connectivity index (χ1n) is 10.0. The molecule has 0 radical (unpaired) electrons. The van der Waals surface area contributed by atoms with E-state index in [1.807, 2.05) is 0 Å². The third-order valence-electron chi connectivity index (χ3n) is 4.87. The zero-order valence-electron chi connectivity index (χ0n) is 17.9. The Morgan fingerprint density at radius 1 is 1.15 bits per heavy atom. The van der Waals surface area contributed by atoms with Crippen LogP contribution in [0.25, 0.3) is 0 Å². The van der Waals surface area contributed by atoms with Crippen LogP contribution < -0.4 is 4.74 Å². The molecule has 0 aromatic heterocycles. The molecule has 10 heteroatoms. The van der Waals surface area contributed by atoms with Gasteiger partial charge in [0.1, 0.15) is 54.9 Å². The number of rotatable bonds is 11. The maximum Gasteiger partial charge on any atom is 0.508 e. The number of esters is 1. The Labute approximate surface area is 195 Å². The Morgan fingerprint density at radius 3 is 2.45 bits per heavy atom. The lowest BCUT2D eigenvalue weighted by Gasteiger charge is -2.44. The molecule has 3 rings (SSSR count). The summed E-state index contributed by atoms with van der Waals surface area (Å²) in [5, 5.41) is -0.456. The van der Waals surface area contributed by atoms with Crippen LogP contribution in [0.3, 0.4) is 0 Å². The molecule has 0 unspecified atom stereocenters. The predicted molar refractivity (Wildman–Crippen MR) is 119 cm³/mol. The molecule has 3 atom stereocenters.